The minimum Gasteiger partial charge on any atom is -0.319 e. The lowest BCUT2D eigenvalue weighted by Gasteiger charge is -2.26. The van der Waals surface area contributed by atoms with Gasteiger partial charge in [-0.3, -0.25) is 19.2 Å². The summed E-state index contributed by atoms with van der Waals surface area (Å²) in [6.07, 6.45) is 3.46. The highest BCUT2D eigenvalue weighted by Gasteiger charge is 2.33. The number of amides is 4. The second-order valence-electron chi connectivity index (χ2n) is 22.8. The van der Waals surface area contributed by atoms with Crippen LogP contribution in [0, 0.1) is 59.0 Å². The monoisotopic (exact) mass is 1340 g/mol. The van der Waals surface area contributed by atoms with E-state index in [-0.39, 0.29) is 75.4 Å². The number of nitrogens with one attached hydrogen (secondary N) is 3. The Morgan fingerprint density at radius 3 is 1.65 bits per heavy atom. The second-order valence-corrected chi connectivity index (χ2v) is 23.6. The molecule has 1 aliphatic rings. The van der Waals surface area contributed by atoms with Crippen molar-refractivity contribution in [3.8, 4) is 0 Å². The lowest BCUT2D eigenvalue weighted by molar-refractivity contribution is 0.0971. The zero-order valence-corrected chi connectivity index (χ0v) is 55.2. The molecule has 19 nitrogen and oxygen atoms in total. The zero-order chi connectivity index (χ0) is 68.7. The number of hydrogen-bond donors (Lipinski definition) is 3. The van der Waals surface area contributed by atoms with Crippen molar-refractivity contribution in [1.82, 2.24) is 54.1 Å². The van der Waals surface area contributed by atoms with Gasteiger partial charge in [-0.2, -0.15) is 5.10 Å². The molecule has 4 aromatic heterocycles. The van der Waals surface area contributed by atoms with Gasteiger partial charge in [0.1, 0.15) is 35.3 Å². The molecule has 3 N–H and O–H groups in total. The van der Waals surface area contributed by atoms with Gasteiger partial charge in [0, 0.05) is 29.0 Å². The van der Waals surface area contributed by atoms with Gasteiger partial charge in [-0.05, 0) is 136 Å². The molecule has 8 aromatic carbocycles. The number of benzene rings is 8. The van der Waals surface area contributed by atoms with E-state index in [1.165, 1.54) is 51.8 Å². The maximum Gasteiger partial charge on any atom is 0.295 e. The van der Waals surface area contributed by atoms with Crippen LogP contribution in [0.2, 0.25) is 10.2 Å². The minimum atomic E-state index is -0.659. The molecular weight excluding hydrogens is 1280 g/mol. The smallest absolute Gasteiger partial charge is 0.295 e. The largest absolute Gasteiger partial charge is 0.319 e. The molecule has 24 heteroatoms. The van der Waals surface area contributed by atoms with Crippen LogP contribution in [0.1, 0.15) is 104 Å². The normalized spacial score (nSPS) is 11.5. The number of rotatable bonds is 15. The number of nitrogens with zero attached hydrogens (tertiary/aromatic N) is 12. The first-order chi connectivity index (χ1) is 46.7. The van der Waals surface area contributed by atoms with E-state index in [2.05, 4.69) is 51.3 Å². The Balaban J connectivity index is 0.000000141. The van der Waals surface area contributed by atoms with Gasteiger partial charge in [0.15, 0.2) is 11.5 Å². The summed E-state index contributed by atoms with van der Waals surface area (Å²) in [7, 11) is 0. The van der Waals surface area contributed by atoms with Crippen molar-refractivity contribution in [3.63, 3.8) is 0 Å². The fourth-order valence-corrected chi connectivity index (χ4v) is 10.4. The van der Waals surface area contributed by atoms with Crippen molar-refractivity contribution in [2.24, 2.45) is 0 Å². The lowest BCUT2D eigenvalue weighted by atomic mass is 10.1. The minimum absolute atomic E-state index is 0.000839. The van der Waals surface area contributed by atoms with E-state index in [0.29, 0.717) is 43.0 Å². The molecule has 0 fully saturated rings. The van der Waals surface area contributed by atoms with E-state index in [1.54, 1.807) is 51.6 Å². The summed E-state index contributed by atoms with van der Waals surface area (Å²) in [6, 6.07) is 56.9. The Morgan fingerprint density at radius 1 is 0.495 bits per heavy atom. The Kier molecular flexibility index (Phi) is 22.4. The molecule has 0 spiro atoms. The predicted octanol–water partition coefficient (Wildman–Crippen LogP) is 14.4. The highest BCUT2D eigenvalue weighted by Crippen LogP contribution is 2.33. The third-order valence-electron chi connectivity index (χ3n) is 15.3. The van der Waals surface area contributed by atoms with Crippen molar-refractivity contribution in [1.29, 1.82) is 0 Å². The first-order valence-electron chi connectivity index (χ1n) is 30.6. The number of halogens is 5. The highest BCUT2D eigenvalue weighted by atomic mass is 35.5. The van der Waals surface area contributed by atoms with Crippen LogP contribution in [0.5, 0.6) is 0 Å². The maximum absolute atomic E-state index is 14.4. The van der Waals surface area contributed by atoms with Gasteiger partial charge in [0.2, 0.25) is 17.5 Å². The fraction of sp³-hybridized carbons (Fsp3) is 0.164. The SMILES string of the molecule is Cc1ccc(F)c(Cn2nc3c(c2Cl)CCN(c2cccc(Cl)c2F)C3=O)c1.Cc1ccc(NC(=O)c2nc(C)n(Cc3ccccc3)n2)cc1.Cc1ccc(NC(=O)c2ncn(Cc3ccccc3)n2)c(F)c1.Cc1ccc(NC(=O)c2ncn(Cc3ccccc3)n2)cc1C. The highest BCUT2D eigenvalue weighted by molar-refractivity contribution is 6.32. The van der Waals surface area contributed by atoms with Crippen LogP contribution >= 0.6 is 23.2 Å². The first-order valence-corrected chi connectivity index (χ1v) is 31.4. The van der Waals surface area contributed by atoms with Gasteiger partial charge >= 0.3 is 0 Å². The van der Waals surface area contributed by atoms with Gasteiger partial charge in [-0.25, -0.2) is 46.9 Å². The average molecular weight is 1350 g/mol. The lowest BCUT2D eigenvalue weighted by Crippen LogP contribution is -2.38. The van der Waals surface area contributed by atoms with E-state index >= 15 is 0 Å². The summed E-state index contributed by atoms with van der Waals surface area (Å²) < 4.78 is 48.6. The average Bonchev–Trinajstić information content (AvgIpc) is 1.67. The number of hydrogen-bond acceptors (Lipinski definition) is 11. The number of carbonyl (C=O) groups excluding carboxylic acids is 4. The van der Waals surface area contributed by atoms with Crippen LogP contribution in [-0.2, 0) is 32.6 Å². The van der Waals surface area contributed by atoms with E-state index in [1.807, 2.05) is 168 Å². The van der Waals surface area contributed by atoms with Crippen molar-refractivity contribution < 1.29 is 32.3 Å². The molecular formula is C73H66Cl2F3N15O4. The van der Waals surface area contributed by atoms with Crippen molar-refractivity contribution in [2.45, 2.75) is 74.1 Å². The molecule has 1 aliphatic heterocycles. The third-order valence-corrected chi connectivity index (χ3v) is 16.0. The summed E-state index contributed by atoms with van der Waals surface area (Å²) in [5.74, 6) is -2.07. The summed E-state index contributed by atoms with van der Waals surface area (Å²) in [5, 5.41) is 25.3. The van der Waals surface area contributed by atoms with E-state index < -0.39 is 23.4 Å². The molecule has 492 valence electrons. The molecule has 0 aliphatic carbocycles. The molecule has 5 heterocycles. The molecule has 0 radical (unpaired) electrons. The number of aromatic nitrogens is 11. The zero-order valence-electron chi connectivity index (χ0n) is 53.7. The first kappa shape index (κ1) is 68.5. The standard InChI is InChI=1S/C20H15Cl2F2N3O.2C18H18N4O.C17H15FN4O/c1-11-5-6-15(23)12(9-11)10-27-19(22)13-7-8-26(20(28)18(13)25-27)16-4-2-3-14(21)17(16)24;1-13-8-10-16(11-9-13)20-18(23)17-19-14(2)22(21-17)12-15-6-4-3-5-7-15;1-13-8-9-16(10-14(13)2)20-18(23)17-19-12-22(21-17)11-15-6-4-3-5-7-15;1-12-7-8-15(14(18)9-12)20-17(23)16-19-11-22(21-16)10-13-5-3-2-4-6-13/h2-6,9H,7-8,10H2,1H3;3-11H,12H2,1-2H3,(H,20,23);3-10,12H,11H2,1-2H3,(H,20,23);2-9,11H,10H2,1H3,(H,20,23). The second kappa shape index (κ2) is 31.7. The molecule has 13 rings (SSSR count). The maximum atomic E-state index is 14.4. The molecule has 0 atom stereocenters. The van der Waals surface area contributed by atoms with Crippen molar-refractivity contribution in [2.75, 3.05) is 27.4 Å². The Hall–Kier alpha value is -11.4. The Bertz CT molecular complexity index is 4760. The van der Waals surface area contributed by atoms with Crippen LogP contribution in [-0.4, -0.2) is 84.2 Å². The number of carbonyl (C=O) groups is 4. The van der Waals surface area contributed by atoms with Crippen LogP contribution in [0.25, 0.3) is 0 Å². The van der Waals surface area contributed by atoms with Gasteiger partial charge in [-0.1, -0.05) is 168 Å². The predicted molar refractivity (Wildman–Crippen MR) is 368 cm³/mol. The van der Waals surface area contributed by atoms with Crippen molar-refractivity contribution in [3.05, 3.63) is 313 Å². The third kappa shape index (κ3) is 18.1. The van der Waals surface area contributed by atoms with Crippen LogP contribution < -0.4 is 20.9 Å². The molecule has 0 unspecified atom stereocenters. The molecule has 97 heavy (non-hydrogen) atoms. The summed E-state index contributed by atoms with van der Waals surface area (Å²) in [5.41, 5.74) is 11.3. The Labute approximate surface area is 567 Å². The molecule has 4 amide bonds. The fourth-order valence-electron chi connectivity index (χ4n) is 9.99. The van der Waals surface area contributed by atoms with E-state index in [4.69, 9.17) is 23.2 Å². The van der Waals surface area contributed by atoms with Crippen LogP contribution in [0.15, 0.2) is 201 Å². The summed E-state index contributed by atoms with van der Waals surface area (Å²) >= 11 is 12.3. The molecule has 0 saturated heterocycles. The van der Waals surface area contributed by atoms with Crippen molar-refractivity contribution >= 4 is 69.6 Å². The van der Waals surface area contributed by atoms with Gasteiger partial charge in [0.05, 0.1) is 42.6 Å². The van der Waals surface area contributed by atoms with Crippen LogP contribution in [0.4, 0.5) is 35.9 Å². The number of anilines is 4. The van der Waals surface area contributed by atoms with Crippen LogP contribution in [0.3, 0.4) is 0 Å². The topological polar surface area (TPSA) is 218 Å². The van der Waals surface area contributed by atoms with Gasteiger partial charge < -0.3 is 20.9 Å². The molecule has 0 bridgehead atoms. The van der Waals surface area contributed by atoms with E-state index in [9.17, 15) is 32.3 Å². The Morgan fingerprint density at radius 2 is 1.04 bits per heavy atom. The van der Waals surface area contributed by atoms with E-state index in [0.717, 1.165) is 50.3 Å². The summed E-state index contributed by atoms with van der Waals surface area (Å²) in [6.45, 7) is 13.6. The molecule has 12 aromatic rings. The number of fused-ring (bicyclic) bond motifs is 1. The number of aryl methyl sites for hydroxylation is 6. The summed E-state index contributed by atoms with van der Waals surface area (Å²) in [4.78, 5) is 63.1. The molecule has 0 saturated carbocycles. The van der Waals surface area contributed by atoms with Gasteiger partial charge in [-0.15, -0.1) is 15.3 Å². The van der Waals surface area contributed by atoms with Gasteiger partial charge in [0.25, 0.3) is 23.6 Å². The quantitative estimate of drug-likeness (QED) is 0.0877.